The average Bonchev–Trinajstić information content (AvgIpc) is 1.21. The monoisotopic (exact) mass is 152 g/mol. The van der Waals surface area contributed by atoms with Crippen LogP contribution in [0.3, 0.4) is 0 Å². The van der Waals surface area contributed by atoms with E-state index in [2.05, 4.69) is 16.3 Å². The van der Waals surface area contributed by atoms with Gasteiger partial charge in [-0.1, -0.05) is 0 Å². The van der Waals surface area contributed by atoms with Gasteiger partial charge in [0.2, 0.25) is 0 Å². The fourth-order valence-electron chi connectivity index (χ4n) is 0.101. The Morgan fingerprint density at radius 1 is 1.38 bits per heavy atom. The Morgan fingerprint density at radius 3 is 1.75 bits per heavy atom. The summed E-state index contributed by atoms with van der Waals surface area (Å²) in [4.78, 5) is 0. The highest BCUT2D eigenvalue weighted by molar-refractivity contribution is 6.20. The van der Waals surface area contributed by atoms with Crippen LogP contribution in [0.25, 0.3) is 0 Å². The lowest BCUT2D eigenvalue weighted by molar-refractivity contribution is -0.272. The molecule has 50 valence electrons. The van der Waals surface area contributed by atoms with Gasteiger partial charge in [0.25, 0.3) is 0 Å². The summed E-state index contributed by atoms with van der Waals surface area (Å²) < 4.78 is 46.1. The van der Waals surface area contributed by atoms with Crippen LogP contribution in [-0.4, -0.2) is 12.2 Å². The Labute approximate surface area is 47.2 Å². The SMILES string of the molecule is FC(F)OC(F)(F)Cl. The quantitative estimate of drug-likeness (QED) is 0.435. The second-order valence-corrected chi connectivity index (χ2v) is 1.26. The summed E-state index contributed by atoms with van der Waals surface area (Å²) in [5.74, 6) is 0. The van der Waals surface area contributed by atoms with Crippen molar-refractivity contribution in [3.63, 3.8) is 0 Å². The van der Waals surface area contributed by atoms with Gasteiger partial charge < -0.3 is 0 Å². The van der Waals surface area contributed by atoms with E-state index in [1.54, 1.807) is 0 Å². The van der Waals surface area contributed by atoms with Crippen LogP contribution in [0.5, 0.6) is 0 Å². The molecule has 0 aliphatic heterocycles. The maximum absolute atomic E-state index is 11.0. The molecule has 0 aromatic rings. The van der Waals surface area contributed by atoms with Gasteiger partial charge >= 0.3 is 12.2 Å². The van der Waals surface area contributed by atoms with Crippen LogP contribution in [-0.2, 0) is 4.74 Å². The minimum atomic E-state index is -4.26. The Bertz CT molecular complexity index is 68.9. The number of alkyl halides is 5. The van der Waals surface area contributed by atoms with Crippen molar-refractivity contribution in [2.75, 3.05) is 0 Å². The lowest BCUT2D eigenvalue weighted by Gasteiger charge is -2.05. The van der Waals surface area contributed by atoms with Crippen LogP contribution in [0.4, 0.5) is 17.6 Å². The van der Waals surface area contributed by atoms with E-state index >= 15 is 0 Å². The highest BCUT2D eigenvalue weighted by Gasteiger charge is 2.30. The molecule has 6 heteroatoms. The Kier molecular flexibility index (Phi) is 2.49. The van der Waals surface area contributed by atoms with Gasteiger partial charge in [-0.25, -0.2) is 4.74 Å². The van der Waals surface area contributed by atoms with Gasteiger partial charge in [-0.3, -0.25) is 0 Å². The minimum Gasteiger partial charge on any atom is -0.244 e. The smallest absolute Gasteiger partial charge is 0.244 e. The van der Waals surface area contributed by atoms with Gasteiger partial charge in [-0.2, -0.15) is 17.6 Å². The van der Waals surface area contributed by atoms with Crippen LogP contribution >= 0.6 is 11.6 Å². The maximum Gasteiger partial charge on any atom is 0.444 e. The molecule has 0 fully saturated rings. The summed E-state index contributed by atoms with van der Waals surface area (Å²) in [5.41, 5.74) is -4.26. The third-order valence-electron chi connectivity index (χ3n) is 0.223. The lowest BCUT2D eigenvalue weighted by atomic mass is 11.3. The minimum absolute atomic E-state index is 2.54. The van der Waals surface area contributed by atoms with Gasteiger partial charge in [0.15, 0.2) is 0 Å². The van der Waals surface area contributed by atoms with E-state index in [-0.39, 0.29) is 0 Å². The topological polar surface area (TPSA) is 9.23 Å². The number of rotatable bonds is 2. The van der Waals surface area contributed by atoms with Crippen molar-refractivity contribution in [1.82, 2.24) is 0 Å². The molecule has 8 heavy (non-hydrogen) atoms. The van der Waals surface area contributed by atoms with Crippen molar-refractivity contribution in [1.29, 1.82) is 0 Å². The van der Waals surface area contributed by atoms with Gasteiger partial charge in [-0.15, -0.1) is 0 Å². The van der Waals surface area contributed by atoms with Crippen molar-refractivity contribution < 1.29 is 22.3 Å². The molecule has 0 bridgehead atoms. The molecule has 0 aromatic heterocycles. The zero-order valence-electron chi connectivity index (χ0n) is 3.38. The predicted molar refractivity (Wildman–Crippen MR) is 17.9 cm³/mol. The third-order valence-corrected chi connectivity index (χ3v) is 0.312. The summed E-state index contributed by atoms with van der Waals surface area (Å²) in [7, 11) is 0. The molecule has 0 aliphatic carbocycles. The Hall–Kier alpha value is -0.0300. The molecule has 0 N–H and O–H groups in total. The predicted octanol–water partition coefficient (Wildman–Crippen LogP) is 2.01. The molecular formula is C2HClF4O. The van der Waals surface area contributed by atoms with Crippen molar-refractivity contribution in [2.24, 2.45) is 0 Å². The van der Waals surface area contributed by atoms with Crippen LogP contribution < -0.4 is 0 Å². The largest absolute Gasteiger partial charge is 0.444 e. The molecule has 0 atom stereocenters. The molecule has 0 aromatic carbocycles. The molecule has 0 saturated carbocycles. The molecule has 0 amide bonds. The van der Waals surface area contributed by atoms with Crippen LogP contribution in [0.1, 0.15) is 0 Å². The first-order chi connectivity index (χ1) is 3.42. The van der Waals surface area contributed by atoms with E-state index in [1.165, 1.54) is 0 Å². The highest BCUT2D eigenvalue weighted by atomic mass is 35.5. The van der Waals surface area contributed by atoms with Gasteiger partial charge in [0, 0.05) is 0 Å². The summed E-state index contributed by atoms with van der Waals surface area (Å²) >= 11 is 3.89. The van der Waals surface area contributed by atoms with Crippen LogP contribution in [0, 0.1) is 0 Å². The molecule has 1 nitrogen and oxygen atoms in total. The van der Waals surface area contributed by atoms with Gasteiger partial charge in [-0.05, 0) is 11.6 Å². The zero-order valence-corrected chi connectivity index (χ0v) is 4.13. The van der Waals surface area contributed by atoms with Crippen LogP contribution in [0.15, 0.2) is 0 Å². The summed E-state index contributed by atoms with van der Waals surface area (Å²) in [6, 6.07) is 0. The first-order valence-electron chi connectivity index (χ1n) is 1.44. The Balaban J connectivity index is 3.39. The number of halogens is 5. The highest BCUT2D eigenvalue weighted by Crippen LogP contribution is 2.22. The zero-order chi connectivity index (χ0) is 6.78. The third kappa shape index (κ3) is 5.97. The summed E-state index contributed by atoms with van der Waals surface area (Å²) in [6.45, 7) is -3.54. The molecule has 0 rings (SSSR count). The van der Waals surface area contributed by atoms with Crippen molar-refractivity contribution in [3.8, 4) is 0 Å². The fraction of sp³-hybridized carbons (Fsp3) is 1.00. The van der Waals surface area contributed by atoms with Gasteiger partial charge in [0.1, 0.15) is 0 Å². The van der Waals surface area contributed by atoms with E-state index in [1.807, 2.05) is 0 Å². The average molecular weight is 152 g/mol. The van der Waals surface area contributed by atoms with Crippen molar-refractivity contribution >= 4 is 11.6 Å². The molecule has 0 radical (unpaired) electrons. The van der Waals surface area contributed by atoms with Crippen LogP contribution in [0.2, 0.25) is 0 Å². The molecule has 0 aliphatic rings. The first kappa shape index (κ1) is 7.97. The lowest BCUT2D eigenvalue weighted by Crippen LogP contribution is -2.15. The summed E-state index contributed by atoms with van der Waals surface area (Å²) in [6.07, 6.45) is 0. The van der Waals surface area contributed by atoms with E-state index in [0.29, 0.717) is 0 Å². The van der Waals surface area contributed by atoms with Crippen molar-refractivity contribution in [3.05, 3.63) is 0 Å². The molecular weight excluding hydrogens is 151 g/mol. The fourth-order valence-corrected chi connectivity index (χ4v) is 0.168. The normalized spacial score (nSPS) is 12.8. The van der Waals surface area contributed by atoms with E-state index < -0.39 is 12.2 Å². The molecule has 0 heterocycles. The molecule has 0 spiro atoms. The van der Waals surface area contributed by atoms with E-state index in [9.17, 15) is 17.6 Å². The number of hydrogen-bond acceptors (Lipinski definition) is 1. The second-order valence-electron chi connectivity index (χ2n) is 0.824. The van der Waals surface area contributed by atoms with E-state index in [4.69, 9.17) is 0 Å². The maximum atomic E-state index is 11.0. The Morgan fingerprint density at radius 2 is 1.75 bits per heavy atom. The molecule has 0 unspecified atom stereocenters. The van der Waals surface area contributed by atoms with E-state index in [0.717, 1.165) is 0 Å². The standard InChI is InChI=1S/C2HClF4O/c3-2(6,7)8-1(4)5/h1H. The second kappa shape index (κ2) is 2.50. The van der Waals surface area contributed by atoms with Gasteiger partial charge in [0.05, 0.1) is 0 Å². The number of hydrogen-bond donors (Lipinski definition) is 0. The molecule has 0 saturated heterocycles. The van der Waals surface area contributed by atoms with Crippen molar-refractivity contribution in [2.45, 2.75) is 12.2 Å². The first-order valence-corrected chi connectivity index (χ1v) is 1.82. The number of ether oxygens (including phenoxy) is 1. The summed E-state index contributed by atoms with van der Waals surface area (Å²) in [5, 5.41) is 0.